The Kier molecular flexibility index (Phi) is 5.05. The van der Waals surface area contributed by atoms with Gasteiger partial charge in [0, 0.05) is 25.0 Å². The van der Waals surface area contributed by atoms with E-state index in [0.717, 1.165) is 18.8 Å². The van der Waals surface area contributed by atoms with Gasteiger partial charge in [0.1, 0.15) is 5.15 Å². The van der Waals surface area contributed by atoms with Gasteiger partial charge in [-0.05, 0) is 26.0 Å². The molecule has 0 atom stereocenters. The third kappa shape index (κ3) is 3.70. The Balaban J connectivity index is 2.48. The second-order valence-electron chi connectivity index (χ2n) is 3.29. The smallest absolute Gasteiger partial charge is 0.241 e. The maximum Gasteiger partial charge on any atom is 0.241 e. The fraction of sp³-hybridized carbons (Fsp3) is 0.455. The number of pyridine rings is 1. The van der Waals surface area contributed by atoms with Crippen molar-refractivity contribution in [2.24, 2.45) is 0 Å². The molecule has 1 amide bonds. The number of anilines is 1. The van der Waals surface area contributed by atoms with Gasteiger partial charge in [0.2, 0.25) is 5.91 Å². The number of hydrogen-bond acceptors (Lipinski definition) is 3. The molecule has 1 rings (SSSR count). The van der Waals surface area contributed by atoms with Crippen LogP contribution in [0.1, 0.15) is 13.8 Å². The van der Waals surface area contributed by atoms with Crippen molar-refractivity contribution in [2.45, 2.75) is 13.8 Å². The summed E-state index contributed by atoms with van der Waals surface area (Å²) in [6, 6.07) is 3.47. The number of carbonyl (C=O) groups excluding carboxylic acids is 1. The topological polar surface area (TPSA) is 45.2 Å². The van der Waals surface area contributed by atoms with Gasteiger partial charge in [0.25, 0.3) is 0 Å². The lowest BCUT2D eigenvalue weighted by molar-refractivity contribution is -0.128. The largest absolute Gasteiger partial charge is 0.376 e. The summed E-state index contributed by atoms with van der Waals surface area (Å²) >= 11 is 5.73. The fourth-order valence-electron chi connectivity index (χ4n) is 1.38. The molecule has 0 aliphatic heterocycles. The Morgan fingerprint density at radius 3 is 2.75 bits per heavy atom. The number of likely N-dealkylation sites (N-methyl/N-ethyl adjacent to an activating group) is 1. The van der Waals surface area contributed by atoms with E-state index in [1.54, 1.807) is 23.2 Å². The van der Waals surface area contributed by atoms with Crippen LogP contribution in [0.3, 0.4) is 0 Å². The molecule has 0 saturated carbocycles. The molecule has 0 bridgehead atoms. The minimum atomic E-state index is 0.0814. The van der Waals surface area contributed by atoms with Gasteiger partial charge in [-0.3, -0.25) is 4.79 Å². The average molecular weight is 242 g/mol. The molecule has 16 heavy (non-hydrogen) atoms. The summed E-state index contributed by atoms with van der Waals surface area (Å²) in [5, 5.41) is 3.44. The summed E-state index contributed by atoms with van der Waals surface area (Å²) in [6.45, 7) is 5.67. The summed E-state index contributed by atoms with van der Waals surface area (Å²) in [4.78, 5) is 17.3. The van der Waals surface area contributed by atoms with Crippen LogP contribution in [0.2, 0.25) is 5.15 Å². The molecule has 1 aromatic heterocycles. The number of halogens is 1. The lowest BCUT2D eigenvalue weighted by atomic mass is 10.4. The van der Waals surface area contributed by atoms with Crippen LogP contribution < -0.4 is 5.32 Å². The van der Waals surface area contributed by atoms with Crippen LogP contribution in [-0.4, -0.2) is 35.4 Å². The van der Waals surface area contributed by atoms with Crippen LogP contribution >= 0.6 is 11.6 Å². The number of aromatic nitrogens is 1. The van der Waals surface area contributed by atoms with E-state index >= 15 is 0 Å². The van der Waals surface area contributed by atoms with E-state index in [0.29, 0.717) is 5.15 Å². The highest BCUT2D eigenvalue weighted by Gasteiger charge is 2.08. The molecule has 1 aromatic rings. The first kappa shape index (κ1) is 12.8. The second kappa shape index (κ2) is 6.33. The standard InChI is InChI=1S/C11H16ClN3O/c1-3-15(4-2)11(16)8-14-9-5-6-13-10(12)7-9/h5-7H,3-4,8H2,1-2H3,(H,13,14). The van der Waals surface area contributed by atoms with Gasteiger partial charge in [0.15, 0.2) is 0 Å². The molecule has 1 heterocycles. The normalized spacial score (nSPS) is 9.94. The quantitative estimate of drug-likeness (QED) is 0.803. The first-order valence-corrected chi connectivity index (χ1v) is 5.68. The molecule has 0 unspecified atom stereocenters. The molecule has 1 N–H and O–H groups in total. The number of carbonyl (C=O) groups is 1. The summed E-state index contributed by atoms with van der Waals surface area (Å²) in [5.41, 5.74) is 0.806. The third-order valence-corrected chi connectivity index (χ3v) is 2.49. The number of rotatable bonds is 5. The molecular formula is C11H16ClN3O. The monoisotopic (exact) mass is 241 g/mol. The zero-order valence-electron chi connectivity index (χ0n) is 9.53. The van der Waals surface area contributed by atoms with Crippen molar-refractivity contribution in [2.75, 3.05) is 25.0 Å². The number of amides is 1. The molecule has 88 valence electrons. The maximum atomic E-state index is 11.7. The Bertz CT molecular complexity index is 353. The van der Waals surface area contributed by atoms with E-state index < -0.39 is 0 Å². The Morgan fingerprint density at radius 1 is 1.50 bits per heavy atom. The summed E-state index contributed by atoms with van der Waals surface area (Å²) in [7, 11) is 0. The summed E-state index contributed by atoms with van der Waals surface area (Å²) < 4.78 is 0. The Labute approximate surface area is 101 Å². The number of nitrogens with zero attached hydrogens (tertiary/aromatic N) is 2. The van der Waals surface area contributed by atoms with Crippen LogP contribution in [0.15, 0.2) is 18.3 Å². The van der Waals surface area contributed by atoms with E-state index in [9.17, 15) is 4.79 Å². The molecule has 0 fully saturated rings. The fourth-order valence-corrected chi connectivity index (χ4v) is 1.55. The van der Waals surface area contributed by atoms with E-state index in [2.05, 4.69) is 10.3 Å². The molecule has 0 spiro atoms. The lowest BCUT2D eigenvalue weighted by Gasteiger charge is -2.19. The van der Waals surface area contributed by atoms with Gasteiger partial charge in [-0.1, -0.05) is 11.6 Å². The molecule has 4 nitrogen and oxygen atoms in total. The van der Waals surface area contributed by atoms with Crippen molar-refractivity contribution in [1.29, 1.82) is 0 Å². The minimum Gasteiger partial charge on any atom is -0.376 e. The van der Waals surface area contributed by atoms with E-state index in [1.165, 1.54) is 0 Å². The SMILES string of the molecule is CCN(CC)C(=O)CNc1ccnc(Cl)c1. The lowest BCUT2D eigenvalue weighted by Crippen LogP contribution is -2.35. The zero-order valence-corrected chi connectivity index (χ0v) is 10.3. The minimum absolute atomic E-state index is 0.0814. The average Bonchev–Trinajstić information content (AvgIpc) is 2.28. The van der Waals surface area contributed by atoms with Gasteiger partial charge in [0.05, 0.1) is 6.54 Å². The van der Waals surface area contributed by atoms with Crippen LogP contribution in [0.25, 0.3) is 0 Å². The van der Waals surface area contributed by atoms with Crippen LogP contribution in [-0.2, 0) is 4.79 Å². The van der Waals surface area contributed by atoms with Crippen molar-refractivity contribution >= 4 is 23.2 Å². The van der Waals surface area contributed by atoms with Gasteiger partial charge >= 0.3 is 0 Å². The summed E-state index contributed by atoms with van der Waals surface area (Å²) in [5.74, 6) is 0.0814. The van der Waals surface area contributed by atoms with Gasteiger partial charge in [-0.25, -0.2) is 4.98 Å². The molecule has 0 aliphatic rings. The van der Waals surface area contributed by atoms with Crippen molar-refractivity contribution in [3.8, 4) is 0 Å². The predicted octanol–water partition coefficient (Wildman–Crippen LogP) is 2.02. The summed E-state index contributed by atoms with van der Waals surface area (Å²) in [6.07, 6.45) is 1.60. The number of hydrogen-bond donors (Lipinski definition) is 1. The van der Waals surface area contributed by atoms with Crippen LogP contribution in [0.4, 0.5) is 5.69 Å². The van der Waals surface area contributed by atoms with Crippen molar-refractivity contribution in [1.82, 2.24) is 9.88 Å². The number of nitrogens with one attached hydrogen (secondary N) is 1. The molecular weight excluding hydrogens is 226 g/mol. The highest BCUT2D eigenvalue weighted by atomic mass is 35.5. The van der Waals surface area contributed by atoms with Gasteiger partial charge in [-0.15, -0.1) is 0 Å². The van der Waals surface area contributed by atoms with E-state index in [-0.39, 0.29) is 12.5 Å². The first-order chi connectivity index (χ1) is 7.67. The molecule has 0 saturated heterocycles. The molecule has 0 aliphatic carbocycles. The first-order valence-electron chi connectivity index (χ1n) is 5.30. The molecule has 5 heteroatoms. The molecule has 0 radical (unpaired) electrons. The van der Waals surface area contributed by atoms with Gasteiger partial charge < -0.3 is 10.2 Å². The zero-order chi connectivity index (χ0) is 12.0. The predicted molar refractivity (Wildman–Crippen MR) is 65.7 cm³/mol. The van der Waals surface area contributed by atoms with Crippen molar-refractivity contribution < 1.29 is 4.79 Å². The second-order valence-corrected chi connectivity index (χ2v) is 3.67. The van der Waals surface area contributed by atoms with Crippen molar-refractivity contribution in [3.05, 3.63) is 23.5 Å². The van der Waals surface area contributed by atoms with Gasteiger partial charge in [-0.2, -0.15) is 0 Å². The maximum absolute atomic E-state index is 11.7. The highest BCUT2D eigenvalue weighted by molar-refractivity contribution is 6.29. The van der Waals surface area contributed by atoms with E-state index in [4.69, 9.17) is 11.6 Å². The van der Waals surface area contributed by atoms with E-state index in [1.807, 2.05) is 13.8 Å². The highest BCUT2D eigenvalue weighted by Crippen LogP contribution is 2.11. The third-order valence-electron chi connectivity index (χ3n) is 2.29. The van der Waals surface area contributed by atoms with Crippen LogP contribution in [0, 0.1) is 0 Å². The van der Waals surface area contributed by atoms with Crippen LogP contribution in [0.5, 0.6) is 0 Å². The van der Waals surface area contributed by atoms with Crippen molar-refractivity contribution in [3.63, 3.8) is 0 Å². The molecule has 0 aromatic carbocycles. The Morgan fingerprint density at radius 2 is 2.19 bits per heavy atom. The Hall–Kier alpha value is -1.29.